The third kappa shape index (κ3) is 4.12. The average Bonchev–Trinajstić information content (AvgIpc) is 2.23. The van der Waals surface area contributed by atoms with E-state index in [-0.39, 0.29) is 11.9 Å². The fraction of sp³-hybridized carbons (Fsp3) is 0.923. The smallest absolute Gasteiger partial charge is 0.314 e. The molecule has 0 saturated carbocycles. The molecule has 3 heteroatoms. The van der Waals surface area contributed by atoms with E-state index >= 15 is 0 Å². The van der Waals surface area contributed by atoms with Crippen LogP contribution in [0.2, 0.25) is 0 Å². The number of hydrogen-bond donors (Lipinski definition) is 1. The van der Waals surface area contributed by atoms with E-state index in [1.165, 1.54) is 0 Å². The van der Waals surface area contributed by atoms with Crippen LogP contribution >= 0.6 is 0 Å². The van der Waals surface area contributed by atoms with Gasteiger partial charge < -0.3 is 9.84 Å². The van der Waals surface area contributed by atoms with Gasteiger partial charge in [0.15, 0.2) is 0 Å². The Morgan fingerprint density at radius 3 is 2.19 bits per heavy atom. The van der Waals surface area contributed by atoms with Crippen LogP contribution in [0.5, 0.6) is 0 Å². The minimum Gasteiger partial charge on any atom is -0.465 e. The standard InChI is InChI=1S/C13H26O3/c1-7-10(4)11(14)13(5,6)12(15)16-8-9(2)3/h9-11,14H,7-8H2,1-6H3. The van der Waals surface area contributed by atoms with Gasteiger partial charge >= 0.3 is 5.97 Å². The molecule has 0 aromatic heterocycles. The highest BCUT2D eigenvalue weighted by molar-refractivity contribution is 5.76. The normalized spacial score (nSPS) is 16.0. The fourth-order valence-electron chi connectivity index (χ4n) is 1.48. The Morgan fingerprint density at radius 1 is 1.31 bits per heavy atom. The van der Waals surface area contributed by atoms with Crippen molar-refractivity contribution >= 4 is 5.97 Å². The van der Waals surface area contributed by atoms with Gasteiger partial charge in [0.05, 0.1) is 18.1 Å². The zero-order chi connectivity index (χ0) is 12.9. The minimum atomic E-state index is -0.829. The molecule has 0 aromatic rings. The largest absolute Gasteiger partial charge is 0.465 e. The lowest BCUT2D eigenvalue weighted by Gasteiger charge is -2.32. The lowest BCUT2D eigenvalue weighted by molar-refractivity contribution is -0.163. The molecule has 0 amide bonds. The monoisotopic (exact) mass is 230 g/mol. The molecule has 0 aliphatic heterocycles. The van der Waals surface area contributed by atoms with Crippen molar-refractivity contribution in [3.63, 3.8) is 0 Å². The van der Waals surface area contributed by atoms with E-state index in [1.54, 1.807) is 13.8 Å². The summed E-state index contributed by atoms with van der Waals surface area (Å²) in [4.78, 5) is 11.8. The van der Waals surface area contributed by atoms with E-state index < -0.39 is 11.5 Å². The van der Waals surface area contributed by atoms with Gasteiger partial charge in [-0.1, -0.05) is 34.1 Å². The molecule has 2 unspecified atom stereocenters. The lowest BCUT2D eigenvalue weighted by atomic mass is 9.79. The molecule has 0 radical (unpaired) electrons. The third-order valence-corrected chi connectivity index (χ3v) is 3.00. The fourth-order valence-corrected chi connectivity index (χ4v) is 1.48. The summed E-state index contributed by atoms with van der Waals surface area (Å²) in [5.74, 6) is 0.107. The van der Waals surface area contributed by atoms with E-state index in [2.05, 4.69) is 0 Å². The summed E-state index contributed by atoms with van der Waals surface area (Å²) < 4.78 is 5.19. The number of carbonyl (C=O) groups is 1. The van der Waals surface area contributed by atoms with E-state index in [4.69, 9.17) is 4.74 Å². The molecule has 0 heterocycles. The number of aliphatic hydroxyl groups excluding tert-OH is 1. The first kappa shape index (κ1) is 15.4. The SMILES string of the molecule is CCC(C)C(O)C(C)(C)C(=O)OCC(C)C. The van der Waals surface area contributed by atoms with Crippen LogP contribution in [0.15, 0.2) is 0 Å². The lowest BCUT2D eigenvalue weighted by Crippen LogP contribution is -2.42. The summed E-state index contributed by atoms with van der Waals surface area (Å²) in [7, 11) is 0. The maximum absolute atomic E-state index is 11.8. The van der Waals surface area contributed by atoms with Crippen molar-refractivity contribution in [2.24, 2.45) is 17.3 Å². The maximum Gasteiger partial charge on any atom is 0.314 e. The number of carbonyl (C=O) groups excluding carboxylic acids is 1. The van der Waals surface area contributed by atoms with Crippen LogP contribution in [0.3, 0.4) is 0 Å². The molecule has 2 atom stereocenters. The van der Waals surface area contributed by atoms with Crippen molar-refractivity contribution in [3.05, 3.63) is 0 Å². The molecular weight excluding hydrogens is 204 g/mol. The molecule has 0 fully saturated rings. The molecule has 3 nitrogen and oxygen atoms in total. The summed E-state index contributed by atoms with van der Waals surface area (Å²) >= 11 is 0. The Hall–Kier alpha value is -0.570. The second kappa shape index (κ2) is 6.24. The topological polar surface area (TPSA) is 46.5 Å². The predicted octanol–water partition coefficient (Wildman–Crippen LogP) is 2.62. The Kier molecular flexibility index (Phi) is 6.01. The van der Waals surface area contributed by atoms with Crippen LogP contribution < -0.4 is 0 Å². The molecule has 0 aliphatic carbocycles. The summed E-state index contributed by atoms with van der Waals surface area (Å²) in [5, 5.41) is 10.1. The van der Waals surface area contributed by atoms with Gasteiger partial charge in [-0.15, -0.1) is 0 Å². The van der Waals surface area contributed by atoms with Crippen LogP contribution in [-0.4, -0.2) is 23.8 Å². The first-order chi connectivity index (χ1) is 7.23. The van der Waals surface area contributed by atoms with Gasteiger partial charge in [-0.25, -0.2) is 0 Å². The van der Waals surface area contributed by atoms with Gasteiger partial charge in [-0.3, -0.25) is 4.79 Å². The molecular formula is C13H26O3. The molecule has 1 N–H and O–H groups in total. The zero-order valence-corrected chi connectivity index (χ0v) is 11.4. The first-order valence-corrected chi connectivity index (χ1v) is 6.08. The summed E-state index contributed by atoms with van der Waals surface area (Å²) in [6.45, 7) is 11.8. The van der Waals surface area contributed by atoms with E-state index in [0.29, 0.717) is 12.5 Å². The van der Waals surface area contributed by atoms with Gasteiger partial charge in [0, 0.05) is 0 Å². The second-order valence-electron chi connectivity index (χ2n) is 5.54. The molecule has 0 aromatic carbocycles. The zero-order valence-electron chi connectivity index (χ0n) is 11.4. The van der Waals surface area contributed by atoms with Crippen molar-refractivity contribution < 1.29 is 14.6 Å². The Bertz CT molecular complexity index is 221. The van der Waals surface area contributed by atoms with Crippen molar-refractivity contribution in [2.45, 2.75) is 54.1 Å². The van der Waals surface area contributed by atoms with Gasteiger partial charge in [0.25, 0.3) is 0 Å². The van der Waals surface area contributed by atoms with Crippen LogP contribution in [0.25, 0.3) is 0 Å². The number of aliphatic hydroxyl groups is 1. The summed E-state index contributed by atoms with van der Waals surface area (Å²) in [6, 6.07) is 0. The van der Waals surface area contributed by atoms with E-state index in [9.17, 15) is 9.90 Å². The van der Waals surface area contributed by atoms with E-state index in [0.717, 1.165) is 6.42 Å². The quantitative estimate of drug-likeness (QED) is 0.713. The highest BCUT2D eigenvalue weighted by Crippen LogP contribution is 2.29. The number of hydrogen-bond acceptors (Lipinski definition) is 3. The van der Waals surface area contributed by atoms with Crippen molar-refractivity contribution in [1.29, 1.82) is 0 Å². The molecule has 96 valence electrons. The Morgan fingerprint density at radius 2 is 1.81 bits per heavy atom. The summed E-state index contributed by atoms with van der Waals surface area (Å²) in [5.41, 5.74) is -0.829. The molecule has 0 bridgehead atoms. The second-order valence-corrected chi connectivity index (χ2v) is 5.54. The molecule has 0 spiro atoms. The number of rotatable bonds is 6. The van der Waals surface area contributed by atoms with Crippen LogP contribution in [0.4, 0.5) is 0 Å². The Balaban J connectivity index is 4.45. The summed E-state index contributed by atoms with van der Waals surface area (Å²) in [6.07, 6.45) is 0.194. The van der Waals surface area contributed by atoms with Gasteiger partial charge in [0.2, 0.25) is 0 Å². The van der Waals surface area contributed by atoms with Crippen molar-refractivity contribution in [3.8, 4) is 0 Å². The van der Waals surface area contributed by atoms with Gasteiger partial charge in [0.1, 0.15) is 0 Å². The average molecular weight is 230 g/mol. The van der Waals surface area contributed by atoms with Crippen molar-refractivity contribution in [1.82, 2.24) is 0 Å². The molecule has 0 aliphatic rings. The minimum absolute atomic E-state index is 0.0987. The highest BCUT2D eigenvalue weighted by atomic mass is 16.5. The highest BCUT2D eigenvalue weighted by Gasteiger charge is 2.39. The first-order valence-electron chi connectivity index (χ1n) is 6.08. The van der Waals surface area contributed by atoms with Crippen LogP contribution in [0.1, 0.15) is 48.0 Å². The van der Waals surface area contributed by atoms with Gasteiger partial charge in [-0.2, -0.15) is 0 Å². The maximum atomic E-state index is 11.8. The number of esters is 1. The third-order valence-electron chi connectivity index (χ3n) is 3.00. The van der Waals surface area contributed by atoms with Crippen LogP contribution in [-0.2, 0) is 9.53 Å². The van der Waals surface area contributed by atoms with Crippen molar-refractivity contribution in [2.75, 3.05) is 6.61 Å². The molecule has 0 rings (SSSR count). The Labute approximate surface area is 99.2 Å². The van der Waals surface area contributed by atoms with E-state index in [1.807, 2.05) is 27.7 Å². The predicted molar refractivity (Wildman–Crippen MR) is 65.0 cm³/mol. The molecule has 16 heavy (non-hydrogen) atoms. The van der Waals surface area contributed by atoms with Gasteiger partial charge in [-0.05, 0) is 25.7 Å². The molecule has 0 saturated heterocycles. The number of ether oxygens (including phenoxy) is 1. The van der Waals surface area contributed by atoms with Crippen LogP contribution in [0, 0.1) is 17.3 Å².